The van der Waals surface area contributed by atoms with Gasteiger partial charge < -0.3 is 15.2 Å². The van der Waals surface area contributed by atoms with Crippen molar-refractivity contribution in [3.63, 3.8) is 0 Å². The van der Waals surface area contributed by atoms with E-state index in [0.29, 0.717) is 11.4 Å². The lowest BCUT2D eigenvalue weighted by molar-refractivity contribution is 0.301. The number of hydrogen-bond acceptors (Lipinski definition) is 5. The first-order valence-electron chi connectivity index (χ1n) is 5.01. The SMILES string of the molecule is CNc1ccc(S(=O)(=O)NCCO)cc1OC. The molecule has 1 aromatic carbocycles. The van der Waals surface area contributed by atoms with Crippen LogP contribution >= 0.6 is 0 Å². The standard InChI is InChI=1S/C10H16N2O4S/c1-11-9-4-3-8(7-10(9)16-2)17(14,15)12-5-6-13/h3-4,7,11-13H,5-6H2,1-2H3. The molecule has 6 nitrogen and oxygen atoms in total. The molecule has 7 heteroatoms. The van der Waals surface area contributed by atoms with E-state index in [1.54, 1.807) is 13.1 Å². The van der Waals surface area contributed by atoms with E-state index in [4.69, 9.17) is 9.84 Å². The number of hydrogen-bond donors (Lipinski definition) is 3. The molecule has 0 unspecified atom stereocenters. The summed E-state index contributed by atoms with van der Waals surface area (Å²) in [5.41, 5.74) is 0.702. The third-order valence-corrected chi connectivity index (χ3v) is 3.62. The van der Waals surface area contributed by atoms with E-state index in [1.807, 2.05) is 0 Å². The molecule has 0 fully saturated rings. The number of ether oxygens (including phenoxy) is 1. The Morgan fingerprint density at radius 1 is 1.41 bits per heavy atom. The molecule has 0 spiro atoms. The number of benzene rings is 1. The average Bonchev–Trinajstić information content (AvgIpc) is 2.35. The molecule has 0 heterocycles. The number of aliphatic hydroxyl groups excluding tert-OH is 1. The van der Waals surface area contributed by atoms with Crippen molar-refractivity contribution >= 4 is 15.7 Å². The zero-order valence-corrected chi connectivity index (χ0v) is 10.5. The molecule has 0 aromatic heterocycles. The Balaban J connectivity index is 3.07. The van der Waals surface area contributed by atoms with Crippen molar-refractivity contribution in [3.05, 3.63) is 18.2 Å². The second kappa shape index (κ2) is 5.85. The summed E-state index contributed by atoms with van der Waals surface area (Å²) in [6.07, 6.45) is 0. The lowest BCUT2D eigenvalue weighted by atomic mass is 10.3. The Morgan fingerprint density at radius 2 is 2.12 bits per heavy atom. The maximum absolute atomic E-state index is 11.8. The fourth-order valence-electron chi connectivity index (χ4n) is 1.31. The van der Waals surface area contributed by atoms with Gasteiger partial charge in [0.25, 0.3) is 0 Å². The summed E-state index contributed by atoms with van der Waals surface area (Å²) < 4.78 is 30.9. The van der Waals surface area contributed by atoms with Crippen LogP contribution in [0.5, 0.6) is 5.75 Å². The maximum atomic E-state index is 11.8. The van der Waals surface area contributed by atoms with Gasteiger partial charge in [-0.25, -0.2) is 13.1 Å². The maximum Gasteiger partial charge on any atom is 0.240 e. The van der Waals surface area contributed by atoms with E-state index < -0.39 is 10.0 Å². The Labute approximate surface area is 101 Å². The van der Waals surface area contributed by atoms with Crippen LogP contribution < -0.4 is 14.8 Å². The lowest BCUT2D eigenvalue weighted by Gasteiger charge is -2.11. The first-order valence-corrected chi connectivity index (χ1v) is 6.49. The number of anilines is 1. The van der Waals surface area contributed by atoms with E-state index in [9.17, 15) is 8.42 Å². The van der Waals surface area contributed by atoms with Gasteiger partial charge in [-0.15, -0.1) is 0 Å². The summed E-state index contributed by atoms with van der Waals surface area (Å²) in [5.74, 6) is 0.444. The van der Waals surface area contributed by atoms with Crippen LogP contribution in [-0.4, -0.2) is 40.8 Å². The molecule has 17 heavy (non-hydrogen) atoms. The summed E-state index contributed by atoms with van der Waals surface area (Å²) in [4.78, 5) is 0.0989. The van der Waals surface area contributed by atoms with Gasteiger partial charge in [-0.05, 0) is 12.1 Å². The molecule has 0 bridgehead atoms. The zero-order valence-electron chi connectivity index (χ0n) is 9.73. The summed E-state index contributed by atoms with van der Waals surface area (Å²) in [6.45, 7) is -0.261. The molecule has 0 saturated heterocycles. The molecule has 0 radical (unpaired) electrons. The Bertz CT molecular complexity index is 473. The van der Waals surface area contributed by atoms with Crippen LogP contribution in [0.2, 0.25) is 0 Å². The molecule has 3 N–H and O–H groups in total. The highest BCUT2D eigenvalue weighted by molar-refractivity contribution is 7.89. The van der Waals surface area contributed by atoms with Crippen molar-refractivity contribution in [2.24, 2.45) is 0 Å². The van der Waals surface area contributed by atoms with Gasteiger partial charge in [0.2, 0.25) is 10.0 Å². The van der Waals surface area contributed by atoms with Crippen molar-refractivity contribution in [1.29, 1.82) is 0 Å². The van der Waals surface area contributed by atoms with Crippen LogP contribution in [0.25, 0.3) is 0 Å². The molecule has 0 saturated carbocycles. The van der Waals surface area contributed by atoms with Crippen molar-refractivity contribution in [2.75, 3.05) is 32.6 Å². The minimum Gasteiger partial charge on any atom is -0.495 e. The topological polar surface area (TPSA) is 87.7 Å². The van der Waals surface area contributed by atoms with Crippen molar-refractivity contribution < 1.29 is 18.3 Å². The Hall–Kier alpha value is -1.31. The molecule has 0 atom stereocenters. The second-order valence-corrected chi connectivity index (χ2v) is 5.00. The number of rotatable bonds is 6. The van der Waals surface area contributed by atoms with Crippen LogP contribution in [0.4, 0.5) is 5.69 Å². The number of sulfonamides is 1. The van der Waals surface area contributed by atoms with Crippen LogP contribution in [0.1, 0.15) is 0 Å². The van der Waals surface area contributed by atoms with Crippen LogP contribution in [0, 0.1) is 0 Å². The monoisotopic (exact) mass is 260 g/mol. The molecular weight excluding hydrogens is 244 g/mol. The summed E-state index contributed by atoms with van der Waals surface area (Å²) in [6, 6.07) is 4.51. The first-order chi connectivity index (χ1) is 8.05. The van der Waals surface area contributed by atoms with Crippen molar-refractivity contribution in [2.45, 2.75) is 4.90 Å². The van der Waals surface area contributed by atoms with E-state index in [2.05, 4.69) is 10.0 Å². The van der Waals surface area contributed by atoms with E-state index in [0.717, 1.165) is 0 Å². The van der Waals surface area contributed by atoms with Gasteiger partial charge in [0.05, 0.1) is 24.3 Å². The normalized spacial score (nSPS) is 11.2. The van der Waals surface area contributed by atoms with Gasteiger partial charge in [0.15, 0.2) is 0 Å². The Morgan fingerprint density at radius 3 is 2.65 bits per heavy atom. The minimum absolute atomic E-state index is 0.0154. The highest BCUT2D eigenvalue weighted by Gasteiger charge is 2.15. The predicted octanol–water partition coefficient (Wildman–Crippen LogP) is 0.00750. The molecule has 0 aliphatic carbocycles. The number of nitrogens with one attached hydrogen (secondary N) is 2. The smallest absolute Gasteiger partial charge is 0.240 e. The quantitative estimate of drug-likeness (QED) is 0.670. The molecule has 0 amide bonds. The van der Waals surface area contributed by atoms with Gasteiger partial charge in [-0.2, -0.15) is 0 Å². The van der Waals surface area contributed by atoms with Gasteiger partial charge in [0, 0.05) is 19.7 Å². The van der Waals surface area contributed by atoms with E-state index in [1.165, 1.54) is 19.2 Å². The van der Waals surface area contributed by atoms with Gasteiger partial charge in [-0.3, -0.25) is 0 Å². The second-order valence-electron chi connectivity index (χ2n) is 3.23. The zero-order chi connectivity index (χ0) is 12.9. The molecule has 96 valence electrons. The number of aliphatic hydroxyl groups is 1. The first kappa shape index (κ1) is 13.8. The molecule has 1 aromatic rings. The molecule has 0 aliphatic rings. The Kier molecular flexibility index (Phi) is 4.73. The fourth-order valence-corrected chi connectivity index (χ4v) is 2.34. The van der Waals surface area contributed by atoms with E-state index >= 15 is 0 Å². The van der Waals surface area contributed by atoms with E-state index in [-0.39, 0.29) is 18.0 Å². The van der Waals surface area contributed by atoms with Crippen LogP contribution in [0.15, 0.2) is 23.1 Å². The number of methoxy groups -OCH3 is 1. The fraction of sp³-hybridized carbons (Fsp3) is 0.400. The largest absolute Gasteiger partial charge is 0.495 e. The van der Waals surface area contributed by atoms with Crippen LogP contribution in [-0.2, 0) is 10.0 Å². The van der Waals surface area contributed by atoms with Crippen molar-refractivity contribution in [1.82, 2.24) is 4.72 Å². The highest BCUT2D eigenvalue weighted by Crippen LogP contribution is 2.26. The predicted molar refractivity (Wildman–Crippen MR) is 64.8 cm³/mol. The molecular formula is C10H16N2O4S. The molecule has 1 rings (SSSR count). The summed E-state index contributed by atoms with van der Waals surface area (Å²) in [5, 5.41) is 11.5. The van der Waals surface area contributed by atoms with Crippen LogP contribution in [0.3, 0.4) is 0 Å². The average molecular weight is 260 g/mol. The lowest BCUT2D eigenvalue weighted by Crippen LogP contribution is -2.26. The van der Waals surface area contributed by atoms with Gasteiger partial charge in [0.1, 0.15) is 5.75 Å². The summed E-state index contributed by atoms with van der Waals surface area (Å²) in [7, 11) is -0.413. The van der Waals surface area contributed by atoms with Crippen molar-refractivity contribution in [3.8, 4) is 5.75 Å². The highest BCUT2D eigenvalue weighted by atomic mass is 32.2. The molecule has 0 aliphatic heterocycles. The van der Waals surface area contributed by atoms with Gasteiger partial charge >= 0.3 is 0 Å². The summed E-state index contributed by atoms with van der Waals surface area (Å²) >= 11 is 0. The van der Waals surface area contributed by atoms with Gasteiger partial charge in [-0.1, -0.05) is 0 Å². The third-order valence-electron chi connectivity index (χ3n) is 2.16. The third kappa shape index (κ3) is 3.32. The minimum atomic E-state index is -3.60.